The Bertz CT molecular complexity index is 913. The van der Waals surface area contributed by atoms with E-state index in [2.05, 4.69) is 11.7 Å². The molecule has 0 aromatic heterocycles. The van der Waals surface area contributed by atoms with Crippen LogP contribution in [-0.4, -0.2) is 6.36 Å². The molecular weight excluding hydrogens is 368 g/mol. The second kappa shape index (κ2) is 8.46. The average Bonchev–Trinajstić information content (AvgIpc) is 2.66. The van der Waals surface area contributed by atoms with Crippen molar-refractivity contribution >= 4 is 0 Å². The Labute approximate surface area is 161 Å². The molecule has 0 heterocycles. The number of rotatable bonds is 6. The van der Waals surface area contributed by atoms with Gasteiger partial charge in [-0.05, 0) is 53.3 Å². The smallest absolute Gasteiger partial charge is 0.406 e. The van der Waals surface area contributed by atoms with Gasteiger partial charge in [-0.15, -0.1) is 13.2 Å². The van der Waals surface area contributed by atoms with Crippen molar-refractivity contribution in [1.29, 1.82) is 0 Å². The van der Waals surface area contributed by atoms with Crippen LogP contribution < -0.4 is 4.74 Å². The summed E-state index contributed by atoms with van der Waals surface area (Å²) in [5.74, 6) is -0.520. The third kappa shape index (κ3) is 5.12. The number of halogens is 4. The van der Waals surface area contributed by atoms with Crippen molar-refractivity contribution in [1.82, 2.24) is 0 Å². The fourth-order valence-electron chi connectivity index (χ4n) is 3.02. The van der Waals surface area contributed by atoms with Gasteiger partial charge in [0.2, 0.25) is 0 Å². The molecule has 28 heavy (non-hydrogen) atoms. The lowest BCUT2D eigenvalue weighted by molar-refractivity contribution is -0.274. The van der Waals surface area contributed by atoms with Crippen LogP contribution in [0.15, 0.2) is 66.7 Å². The molecule has 5 heteroatoms. The Morgan fingerprint density at radius 2 is 1.36 bits per heavy atom. The first-order valence-electron chi connectivity index (χ1n) is 9.11. The van der Waals surface area contributed by atoms with Gasteiger partial charge in [0.05, 0.1) is 0 Å². The maximum atomic E-state index is 14.5. The molecule has 1 nitrogen and oxygen atoms in total. The highest BCUT2D eigenvalue weighted by molar-refractivity contribution is 5.71. The first kappa shape index (κ1) is 19.9. The van der Waals surface area contributed by atoms with Gasteiger partial charge in [0, 0.05) is 5.56 Å². The van der Waals surface area contributed by atoms with Gasteiger partial charge in [-0.2, -0.15) is 0 Å². The van der Waals surface area contributed by atoms with Gasteiger partial charge in [-0.3, -0.25) is 0 Å². The fraction of sp³-hybridized carbons (Fsp3) is 0.217. The molecule has 0 unspecified atom stereocenters. The van der Waals surface area contributed by atoms with E-state index in [1.165, 1.54) is 12.1 Å². The summed E-state index contributed by atoms with van der Waals surface area (Å²) in [6.45, 7) is 2.10. The van der Waals surface area contributed by atoms with E-state index in [4.69, 9.17) is 0 Å². The normalized spacial score (nSPS) is 11.5. The number of hydrogen-bond acceptors (Lipinski definition) is 1. The Kier molecular flexibility index (Phi) is 6.02. The molecule has 0 amide bonds. The summed E-state index contributed by atoms with van der Waals surface area (Å²) in [6, 6.07) is 18.2. The molecule has 0 aliphatic rings. The van der Waals surface area contributed by atoms with Crippen LogP contribution in [0.5, 0.6) is 5.75 Å². The lowest BCUT2D eigenvalue weighted by atomic mass is 9.98. The van der Waals surface area contributed by atoms with Crippen LogP contribution in [0, 0.1) is 5.82 Å². The van der Waals surface area contributed by atoms with Crippen molar-refractivity contribution in [2.75, 3.05) is 0 Å². The van der Waals surface area contributed by atoms with E-state index in [9.17, 15) is 17.6 Å². The molecule has 3 aromatic carbocycles. The molecule has 0 N–H and O–H groups in total. The molecule has 146 valence electrons. The summed E-state index contributed by atoms with van der Waals surface area (Å²) in [6.07, 6.45) is -1.76. The molecular formula is C23H20F4O. The number of benzene rings is 3. The lowest BCUT2D eigenvalue weighted by Gasteiger charge is -2.10. The van der Waals surface area contributed by atoms with E-state index in [1.54, 1.807) is 36.4 Å². The Balaban J connectivity index is 1.76. The zero-order valence-electron chi connectivity index (χ0n) is 15.4. The molecule has 3 rings (SSSR count). The number of alkyl halides is 3. The van der Waals surface area contributed by atoms with E-state index >= 15 is 0 Å². The van der Waals surface area contributed by atoms with Crippen LogP contribution in [0.3, 0.4) is 0 Å². The average molecular weight is 388 g/mol. The second-order valence-corrected chi connectivity index (χ2v) is 6.57. The van der Waals surface area contributed by atoms with E-state index < -0.39 is 6.36 Å². The lowest BCUT2D eigenvalue weighted by Crippen LogP contribution is -2.16. The van der Waals surface area contributed by atoms with Gasteiger partial charge in [0.1, 0.15) is 11.6 Å². The molecule has 0 radical (unpaired) electrons. The van der Waals surface area contributed by atoms with Crippen molar-refractivity contribution in [2.24, 2.45) is 0 Å². The molecule has 0 saturated heterocycles. The predicted molar refractivity (Wildman–Crippen MR) is 103 cm³/mol. The SMILES string of the molecule is CCCCc1ccc(-c2ccc(-c3ccc(OC(F)(F)F)cc3)cc2)c(F)c1. The summed E-state index contributed by atoms with van der Waals surface area (Å²) in [4.78, 5) is 0. The van der Waals surface area contributed by atoms with Gasteiger partial charge >= 0.3 is 6.36 Å². The summed E-state index contributed by atoms with van der Waals surface area (Å²) in [5.41, 5.74) is 3.83. The van der Waals surface area contributed by atoms with E-state index in [0.29, 0.717) is 5.56 Å². The van der Waals surface area contributed by atoms with Gasteiger partial charge < -0.3 is 4.74 Å². The third-order valence-corrected chi connectivity index (χ3v) is 4.47. The summed E-state index contributed by atoms with van der Waals surface area (Å²) in [7, 11) is 0. The summed E-state index contributed by atoms with van der Waals surface area (Å²) < 4.78 is 55.0. The highest BCUT2D eigenvalue weighted by atomic mass is 19.4. The number of hydrogen-bond donors (Lipinski definition) is 0. The van der Waals surface area contributed by atoms with Gasteiger partial charge in [0.15, 0.2) is 0 Å². The van der Waals surface area contributed by atoms with Crippen molar-refractivity contribution in [3.63, 3.8) is 0 Å². The summed E-state index contributed by atoms with van der Waals surface area (Å²) in [5, 5.41) is 0. The predicted octanol–water partition coefficient (Wildman–Crippen LogP) is 7.40. The van der Waals surface area contributed by atoms with Gasteiger partial charge in [-0.25, -0.2) is 4.39 Å². The minimum Gasteiger partial charge on any atom is -0.406 e. The number of ether oxygens (including phenoxy) is 1. The van der Waals surface area contributed by atoms with Crippen molar-refractivity contribution < 1.29 is 22.3 Å². The Hall–Kier alpha value is -2.82. The second-order valence-electron chi connectivity index (χ2n) is 6.57. The molecule has 0 spiro atoms. The Morgan fingerprint density at radius 1 is 0.786 bits per heavy atom. The van der Waals surface area contributed by atoms with Crippen LogP contribution in [0.25, 0.3) is 22.3 Å². The van der Waals surface area contributed by atoms with E-state index in [1.807, 2.05) is 18.2 Å². The zero-order chi connectivity index (χ0) is 20.1. The molecule has 3 aromatic rings. The first-order valence-corrected chi connectivity index (χ1v) is 9.11. The fourth-order valence-corrected chi connectivity index (χ4v) is 3.02. The monoisotopic (exact) mass is 388 g/mol. The third-order valence-electron chi connectivity index (χ3n) is 4.47. The molecule has 0 aliphatic heterocycles. The highest BCUT2D eigenvalue weighted by Crippen LogP contribution is 2.29. The molecule has 0 saturated carbocycles. The minimum absolute atomic E-state index is 0.255. The summed E-state index contributed by atoms with van der Waals surface area (Å²) >= 11 is 0. The maximum absolute atomic E-state index is 14.5. The molecule has 0 atom stereocenters. The number of unbranched alkanes of at least 4 members (excludes halogenated alkanes) is 1. The highest BCUT2D eigenvalue weighted by Gasteiger charge is 2.30. The van der Waals surface area contributed by atoms with Crippen LogP contribution in [-0.2, 0) is 6.42 Å². The van der Waals surface area contributed by atoms with E-state index in [-0.39, 0.29) is 11.6 Å². The van der Waals surface area contributed by atoms with E-state index in [0.717, 1.165) is 41.5 Å². The minimum atomic E-state index is -4.71. The largest absolute Gasteiger partial charge is 0.573 e. The van der Waals surface area contributed by atoms with Gasteiger partial charge in [-0.1, -0.05) is 61.9 Å². The van der Waals surface area contributed by atoms with Crippen LogP contribution in [0.1, 0.15) is 25.3 Å². The topological polar surface area (TPSA) is 9.23 Å². The van der Waals surface area contributed by atoms with Crippen molar-refractivity contribution in [3.8, 4) is 28.0 Å². The van der Waals surface area contributed by atoms with Crippen LogP contribution in [0.2, 0.25) is 0 Å². The zero-order valence-corrected chi connectivity index (χ0v) is 15.4. The molecule has 0 fully saturated rings. The Morgan fingerprint density at radius 3 is 1.89 bits per heavy atom. The van der Waals surface area contributed by atoms with Gasteiger partial charge in [0.25, 0.3) is 0 Å². The van der Waals surface area contributed by atoms with Crippen LogP contribution in [0.4, 0.5) is 17.6 Å². The molecule has 0 aliphatic carbocycles. The quantitative estimate of drug-likeness (QED) is 0.400. The molecule has 0 bridgehead atoms. The van der Waals surface area contributed by atoms with Crippen molar-refractivity contribution in [2.45, 2.75) is 32.5 Å². The van der Waals surface area contributed by atoms with Crippen LogP contribution >= 0.6 is 0 Å². The van der Waals surface area contributed by atoms with Crippen molar-refractivity contribution in [3.05, 3.63) is 78.1 Å². The standard InChI is InChI=1S/C23H20F4O/c1-2-3-4-16-5-14-21(22(24)15-16)19-8-6-17(7-9-19)18-10-12-20(13-11-18)28-23(25,26)27/h5-15H,2-4H2,1H3. The number of aryl methyl sites for hydroxylation is 1. The first-order chi connectivity index (χ1) is 13.4. The maximum Gasteiger partial charge on any atom is 0.573 e.